The first-order chi connectivity index (χ1) is 16.7. The summed E-state index contributed by atoms with van der Waals surface area (Å²) in [7, 11) is 3.72. The monoisotopic (exact) mass is 481 g/mol. The molecule has 1 fully saturated rings. The van der Waals surface area contributed by atoms with Crippen LogP contribution in [0.2, 0.25) is 0 Å². The molecule has 190 valence electrons. The lowest BCUT2D eigenvalue weighted by Gasteiger charge is -2.23. The van der Waals surface area contributed by atoms with Crippen molar-refractivity contribution in [3.8, 4) is 17.3 Å². The number of likely N-dealkylation sites (N-methyl/N-ethyl adjacent to an activating group) is 1. The summed E-state index contributed by atoms with van der Waals surface area (Å²) in [5.74, 6) is 2.41. The van der Waals surface area contributed by atoms with Gasteiger partial charge in [-0.05, 0) is 37.2 Å². The Morgan fingerprint density at radius 3 is 2.83 bits per heavy atom. The molecule has 3 heterocycles. The quantitative estimate of drug-likeness (QED) is 0.510. The lowest BCUT2D eigenvalue weighted by Crippen LogP contribution is -2.30. The average molecular weight is 482 g/mol. The maximum absolute atomic E-state index is 12.6. The van der Waals surface area contributed by atoms with Crippen molar-refractivity contribution >= 4 is 11.6 Å². The highest BCUT2D eigenvalue weighted by molar-refractivity contribution is 5.84. The van der Waals surface area contributed by atoms with Crippen LogP contribution in [0.25, 0.3) is 11.5 Å². The van der Waals surface area contributed by atoms with Gasteiger partial charge in [0.1, 0.15) is 23.9 Å². The van der Waals surface area contributed by atoms with Crippen LogP contribution in [0.5, 0.6) is 5.75 Å². The van der Waals surface area contributed by atoms with Crippen molar-refractivity contribution in [1.82, 2.24) is 19.9 Å². The first-order valence-electron chi connectivity index (χ1n) is 12.7. The molecule has 2 aromatic rings. The molecule has 0 radical (unpaired) electrons. The van der Waals surface area contributed by atoms with Crippen molar-refractivity contribution in [2.45, 2.75) is 59.0 Å². The number of ether oxygens (including phenoxy) is 2. The molecule has 1 atom stereocenters. The summed E-state index contributed by atoms with van der Waals surface area (Å²) < 4.78 is 11.5. The first kappa shape index (κ1) is 25.5. The van der Waals surface area contributed by atoms with E-state index < -0.39 is 0 Å². The largest absolute Gasteiger partial charge is 0.492 e. The van der Waals surface area contributed by atoms with E-state index in [0.29, 0.717) is 37.2 Å². The lowest BCUT2D eigenvalue weighted by atomic mass is 9.90. The summed E-state index contributed by atoms with van der Waals surface area (Å²) in [4.78, 5) is 31.3. The zero-order chi connectivity index (χ0) is 25.0. The van der Waals surface area contributed by atoms with Crippen LogP contribution >= 0.6 is 0 Å². The predicted octanol–water partition coefficient (Wildman–Crippen LogP) is 3.57. The molecule has 8 heteroatoms. The molecule has 2 aromatic heterocycles. The number of carbonyl (C=O) groups excluding carboxylic acids is 1. The summed E-state index contributed by atoms with van der Waals surface area (Å²) in [5.41, 5.74) is 2.89. The zero-order valence-corrected chi connectivity index (χ0v) is 21.8. The number of methoxy groups -OCH3 is 1. The maximum Gasteiger partial charge on any atom is 0.180 e. The summed E-state index contributed by atoms with van der Waals surface area (Å²) in [5, 5.41) is 0. The molecule has 0 spiro atoms. The van der Waals surface area contributed by atoms with Gasteiger partial charge in [-0.15, -0.1) is 0 Å². The van der Waals surface area contributed by atoms with Crippen LogP contribution in [-0.2, 0) is 22.4 Å². The SMILES string of the molecule is CO[C@H]1CCN(CCOc2ccnc(-c3nc4c(c(N(C)CC(=O)CC(C)(C)C)n3)CCC4)c2)C1. The predicted molar refractivity (Wildman–Crippen MR) is 137 cm³/mol. The molecule has 2 aliphatic rings. The summed E-state index contributed by atoms with van der Waals surface area (Å²) in [6.07, 6.45) is 6.62. The molecule has 0 amide bonds. The molecule has 4 rings (SSSR count). The fourth-order valence-corrected chi connectivity index (χ4v) is 4.94. The number of fused-ring (bicyclic) bond motifs is 1. The molecule has 1 saturated heterocycles. The van der Waals surface area contributed by atoms with Crippen molar-refractivity contribution in [3.05, 3.63) is 29.6 Å². The van der Waals surface area contributed by atoms with E-state index in [1.807, 2.05) is 24.1 Å². The summed E-state index contributed by atoms with van der Waals surface area (Å²) in [6, 6.07) is 3.78. The van der Waals surface area contributed by atoms with E-state index in [1.54, 1.807) is 13.3 Å². The van der Waals surface area contributed by atoms with E-state index in [0.717, 1.165) is 68.1 Å². The van der Waals surface area contributed by atoms with Crippen molar-refractivity contribution in [2.24, 2.45) is 5.41 Å². The van der Waals surface area contributed by atoms with Crippen molar-refractivity contribution in [1.29, 1.82) is 0 Å². The Hall–Kier alpha value is -2.58. The zero-order valence-electron chi connectivity index (χ0n) is 21.8. The molecule has 1 aliphatic heterocycles. The molecule has 1 aliphatic carbocycles. The third-order valence-electron chi connectivity index (χ3n) is 6.61. The average Bonchev–Trinajstić information content (AvgIpc) is 3.46. The highest BCUT2D eigenvalue weighted by Crippen LogP contribution is 2.31. The number of likely N-dealkylation sites (tertiary alicyclic amines) is 1. The molecule has 0 saturated carbocycles. The van der Waals surface area contributed by atoms with Gasteiger partial charge in [-0.2, -0.15) is 0 Å². The topological polar surface area (TPSA) is 80.7 Å². The lowest BCUT2D eigenvalue weighted by molar-refractivity contribution is -0.119. The Bertz CT molecular complexity index is 1040. The molecular formula is C27H39N5O3. The minimum Gasteiger partial charge on any atom is -0.492 e. The van der Waals surface area contributed by atoms with Crippen LogP contribution < -0.4 is 9.64 Å². The number of aromatic nitrogens is 3. The van der Waals surface area contributed by atoms with E-state index in [4.69, 9.17) is 19.4 Å². The highest BCUT2D eigenvalue weighted by Gasteiger charge is 2.25. The number of hydrogen-bond donors (Lipinski definition) is 0. The first-order valence-corrected chi connectivity index (χ1v) is 12.7. The summed E-state index contributed by atoms with van der Waals surface area (Å²) >= 11 is 0. The number of anilines is 1. The van der Waals surface area contributed by atoms with E-state index in [-0.39, 0.29) is 11.2 Å². The number of carbonyl (C=O) groups is 1. The van der Waals surface area contributed by atoms with Crippen LogP contribution in [0.1, 0.15) is 51.3 Å². The molecule has 0 unspecified atom stereocenters. The van der Waals surface area contributed by atoms with Gasteiger partial charge in [0, 0.05) is 63.7 Å². The van der Waals surface area contributed by atoms with Gasteiger partial charge in [0.2, 0.25) is 0 Å². The van der Waals surface area contributed by atoms with E-state index in [2.05, 4.69) is 30.7 Å². The Balaban J connectivity index is 1.46. The van der Waals surface area contributed by atoms with E-state index in [1.165, 1.54) is 0 Å². The minimum absolute atomic E-state index is 0.0265. The highest BCUT2D eigenvalue weighted by atomic mass is 16.5. The van der Waals surface area contributed by atoms with Gasteiger partial charge >= 0.3 is 0 Å². The number of ketones is 1. The van der Waals surface area contributed by atoms with Crippen LogP contribution in [0, 0.1) is 5.41 Å². The Labute approximate surface area is 209 Å². The molecule has 8 nitrogen and oxygen atoms in total. The third-order valence-corrected chi connectivity index (χ3v) is 6.61. The number of rotatable bonds is 10. The van der Waals surface area contributed by atoms with Gasteiger partial charge < -0.3 is 14.4 Å². The Morgan fingerprint density at radius 2 is 2.09 bits per heavy atom. The van der Waals surface area contributed by atoms with Crippen LogP contribution in [0.3, 0.4) is 0 Å². The number of aryl methyl sites for hydroxylation is 1. The van der Waals surface area contributed by atoms with Gasteiger partial charge in [0.15, 0.2) is 11.6 Å². The number of Topliss-reactive ketones (excluding diaryl/α,β-unsaturated/α-hetero) is 1. The van der Waals surface area contributed by atoms with Crippen LogP contribution in [-0.4, -0.2) is 78.7 Å². The summed E-state index contributed by atoms with van der Waals surface area (Å²) in [6.45, 7) is 10.1. The second-order valence-electron chi connectivity index (χ2n) is 11.0. The van der Waals surface area contributed by atoms with Crippen LogP contribution in [0.4, 0.5) is 5.82 Å². The number of pyridine rings is 1. The van der Waals surface area contributed by atoms with Gasteiger partial charge in [-0.1, -0.05) is 20.8 Å². The van der Waals surface area contributed by atoms with Crippen molar-refractivity contribution in [2.75, 3.05) is 51.8 Å². The maximum atomic E-state index is 12.6. The number of nitrogens with zero attached hydrogens (tertiary/aromatic N) is 5. The Kier molecular flexibility index (Phi) is 8.02. The van der Waals surface area contributed by atoms with Gasteiger partial charge in [-0.25, -0.2) is 9.97 Å². The van der Waals surface area contributed by atoms with E-state index >= 15 is 0 Å². The fraction of sp³-hybridized carbons (Fsp3) is 0.630. The smallest absolute Gasteiger partial charge is 0.180 e. The molecular weight excluding hydrogens is 442 g/mol. The van der Waals surface area contributed by atoms with E-state index in [9.17, 15) is 4.79 Å². The minimum atomic E-state index is -0.0265. The Morgan fingerprint density at radius 1 is 1.26 bits per heavy atom. The van der Waals surface area contributed by atoms with Crippen LogP contribution in [0.15, 0.2) is 18.3 Å². The normalized spacial score (nSPS) is 18.0. The fourth-order valence-electron chi connectivity index (χ4n) is 4.94. The third kappa shape index (κ3) is 6.76. The molecule has 0 aromatic carbocycles. The second kappa shape index (κ2) is 11.0. The van der Waals surface area contributed by atoms with Crippen molar-refractivity contribution < 1.29 is 14.3 Å². The second-order valence-corrected chi connectivity index (χ2v) is 11.0. The van der Waals surface area contributed by atoms with Crippen molar-refractivity contribution in [3.63, 3.8) is 0 Å². The molecule has 35 heavy (non-hydrogen) atoms. The van der Waals surface area contributed by atoms with Gasteiger partial charge in [0.05, 0.1) is 12.6 Å². The standard InChI is InChI=1S/C27H39N5O3/c1-27(2,3)16-19(33)17-31(4)26-22-7-6-8-23(22)29-25(30-26)24-15-20(9-11-28-24)35-14-13-32-12-10-21(18-32)34-5/h9,11,15,21H,6-8,10,12-14,16-18H2,1-5H3/t21-/m0/s1. The molecule has 0 bridgehead atoms. The van der Waals surface area contributed by atoms with Gasteiger partial charge in [-0.3, -0.25) is 14.7 Å². The number of hydrogen-bond acceptors (Lipinski definition) is 8. The van der Waals surface area contributed by atoms with Gasteiger partial charge in [0.25, 0.3) is 0 Å². The molecule has 0 N–H and O–H groups in total.